The van der Waals surface area contributed by atoms with E-state index in [4.69, 9.17) is 14.2 Å². The van der Waals surface area contributed by atoms with E-state index in [1.165, 1.54) is 0 Å². The normalized spacial score (nSPS) is 53.0. The van der Waals surface area contributed by atoms with E-state index in [1.807, 2.05) is 4.90 Å². The molecule has 4 saturated carbocycles. The third kappa shape index (κ3) is 4.96. The van der Waals surface area contributed by atoms with Gasteiger partial charge in [0.15, 0.2) is 5.78 Å². The van der Waals surface area contributed by atoms with Gasteiger partial charge in [0.25, 0.3) is 0 Å². The van der Waals surface area contributed by atoms with Crippen molar-refractivity contribution >= 4 is 11.7 Å². The van der Waals surface area contributed by atoms with Gasteiger partial charge in [0, 0.05) is 56.0 Å². The van der Waals surface area contributed by atoms with Gasteiger partial charge in [-0.1, -0.05) is 39.5 Å². The van der Waals surface area contributed by atoms with Crippen LogP contribution in [0.2, 0.25) is 0 Å². The van der Waals surface area contributed by atoms with Gasteiger partial charge in [-0.05, 0) is 112 Å². The quantitative estimate of drug-likeness (QED) is 0.158. The highest BCUT2D eigenvalue weighted by molar-refractivity contribution is 6.01. The van der Waals surface area contributed by atoms with Crippen LogP contribution in [0, 0.1) is 63.1 Å². The van der Waals surface area contributed by atoms with Crippen molar-refractivity contribution in [1.82, 2.24) is 10.2 Å². The molecule has 1 spiro atoms. The Morgan fingerprint density at radius 2 is 1.74 bits per heavy atom. The van der Waals surface area contributed by atoms with E-state index in [0.29, 0.717) is 64.7 Å². The first-order valence-corrected chi connectivity index (χ1v) is 22.5. The maximum Gasteiger partial charge on any atom is 0.240 e. The SMILES string of the molecule is COCCCOC1CCC2(C)C(C1)C(=O)C1=C3C24C#CCC2CN2C(=O)C2NC(O)C5OC(C(C)C5C25CCCC5)C(O)C(C)(O)C2CC(CC1)C3(O)C2(C)CC4. The molecule has 5 N–H and O–H groups in total. The predicted molar refractivity (Wildman–Crippen MR) is 209 cm³/mol. The maximum atomic E-state index is 15.0. The monoisotopic (exact) mass is 790 g/mol. The van der Waals surface area contributed by atoms with Gasteiger partial charge < -0.3 is 39.5 Å². The van der Waals surface area contributed by atoms with Gasteiger partial charge in [-0.2, -0.15) is 0 Å². The molecule has 314 valence electrons. The van der Waals surface area contributed by atoms with Crippen molar-refractivity contribution in [2.24, 2.45) is 51.2 Å². The number of nitrogens with one attached hydrogen (secondary N) is 1. The summed E-state index contributed by atoms with van der Waals surface area (Å²) in [6, 6.07) is -0.612. The summed E-state index contributed by atoms with van der Waals surface area (Å²) in [6.07, 6.45) is 6.21. The summed E-state index contributed by atoms with van der Waals surface area (Å²) >= 11 is 0. The van der Waals surface area contributed by atoms with Crippen molar-refractivity contribution in [3.8, 4) is 11.8 Å². The molecule has 0 aromatic heterocycles. The first-order valence-electron chi connectivity index (χ1n) is 22.5. The van der Waals surface area contributed by atoms with E-state index in [1.54, 1.807) is 14.0 Å². The van der Waals surface area contributed by atoms with E-state index >= 15 is 4.79 Å². The molecule has 17 atom stereocenters. The molecule has 4 aliphatic heterocycles. The van der Waals surface area contributed by atoms with Crippen LogP contribution >= 0.6 is 0 Å². The molecule has 57 heavy (non-hydrogen) atoms. The summed E-state index contributed by atoms with van der Waals surface area (Å²) in [6.45, 7) is 9.97. The highest BCUT2D eigenvalue weighted by atomic mass is 16.5. The van der Waals surface area contributed by atoms with Gasteiger partial charge in [0.2, 0.25) is 5.91 Å². The van der Waals surface area contributed by atoms with Crippen molar-refractivity contribution in [2.75, 3.05) is 26.9 Å². The fourth-order valence-electron chi connectivity index (χ4n) is 16.0. The van der Waals surface area contributed by atoms with Crippen LogP contribution in [0.3, 0.4) is 0 Å². The molecule has 4 heterocycles. The lowest BCUT2D eigenvalue weighted by molar-refractivity contribution is -0.209. The Morgan fingerprint density at radius 3 is 2.49 bits per heavy atom. The lowest BCUT2D eigenvalue weighted by atomic mass is 9.37. The van der Waals surface area contributed by atoms with E-state index < -0.39 is 69.4 Å². The number of allylic oxidation sites excluding steroid dienone is 1. The molecule has 1 amide bonds. The topological polar surface area (TPSA) is 158 Å². The molecular formula is C46H66N2O9. The summed E-state index contributed by atoms with van der Waals surface area (Å²) in [5, 5.41) is 54.3. The Bertz CT molecular complexity index is 1800. The number of hydrogen-bond donors (Lipinski definition) is 5. The molecule has 11 nitrogen and oxygen atoms in total. The van der Waals surface area contributed by atoms with E-state index in [2.05, 4.69) is 37.9 Å². The number of methoxy groups -OCH3 is 1. The molecule has 6 aliphatic carbocycles. The van der Waals surface area contributed by atoms with Gasteiger partial charge in [0.1, 0.15) is 18.4 Å². The number of hydrogen-bond acceptors (Lipinski definition) is 10. The van der Waals surface area contributed by atoms with Crippen molar-refractivity contribution in [2.45, 2.75) is 172 Å². The van der Waals surface area contributed by atoms with Gasteiger partial charge in [-0.3, -0.25) is 14.9 Å². The number of amides is 1. The highest BCUT2D eigenvalue weighted by Crippen LogP contribution is 2.77. The van der Waals surface area contributed by atoms with Crippen LogP contribution in [0.15, 0.2) is 11.1 Å². The maximum absolute atomic E-state index is 15.0. The number of aliphatic hydroxyl groups is 4. The molecule has 7 fully saturated rings. The lowest BCUT2D eigenvalue weighted by Gasteiger charge is -2.67. The van der Waals surface area contributed by atoms with Crippen LogP contribution in [-0.4, -0.2) is 118 Å². The van der Waals surface area contributed by atoms with Crippen LogP contribution < -0.4 is 5.32 Å². The largest absolute Gasteiger partial charge is 0.387 e. The Balaban J connectivity index is 1.11. The second kappa shape index (κ2) is 13.1. The Labute approximate surface area is 338 Å². The second-order valence-corrected chi connectivity index (χ2v) is 21.2. The molecule has 0 aromatic carbocycles. The molecule has 17 unspecified atom stereocenters. The lowest BCUT2D eigenvalue weighted by Crippen LogP contribution is -2.69. The van der Waals surface area contributed by atoms with Crippen LogP contribution in [-0.2, 0) is 23.8 Å². The number of rotatable bonds is 5. The van der Waals surface area contributed by atoms with Gasteiger partial charge in [0.05, 0.1) is 40.9 Å². The summed E-state index contributed by atoms with van der Waals surface area (Å²) in [7, 11) is 1.69. The van der Waals surface area contributed by atoms with Gasteiger partial charge >= 0.3 is 0 Å². The minimum absolute atomic E-state index is 0.00342. The predicted octanol–water partition coefficient (Wildman–Crippen LogP) is 3.64. The number of aliphatic hydroxyl groups excluding tert-OH is 2. The van der Waals surface area contributed by atoms with Crippen LogP contribution in [0.1, 0.15) is 118 Å². The van der Waals surface area contributed by atoms with Crippen molar-refractivity contribution in [1.29, 1.82) is 0 Å². The minimum atomic E-state index is -1.67. The third-order valence-electron chi connectivity index (χ3n) is 19.0. The average Bonchev–Trinajstić information content (AvgIpc) is 3.49. The van der Waals surface area contributed by atoms with Crippen molar-refractivity contribution in [3.05, 3.63) is 11.1 Å². The van der Waals surface area contributed by atoms with E-state index in [0.717, 1.165) is 56.1 Å². The summed E-state index contributed by atoms with van der Waals surface area (Å²) in [5.74, 6) is 6.24. The summed E-state index contributed by atoms with van der Waals surface area (Å²) in [5.41, 5.74) is -4.11. The van der Waals surface area contributed by atoms with Gasteiger partial charge in [-0.15, -0.1) is 5.92 Å². The Kier molecular flexibility index (Phi) is 9.00. The number of ketones is 1. The second-order valence-electron chi connectivity index (χ2n) is 21.2. The molecule has 3 saturated heterocycles. The van der Waals surface area contributed by atoms with Gasteiger partial charge in [-0.25, -0.2) is 0 Å². The molecule has 7 bridgehead atoms. The molecule has 0 radical (unpaired) electrons. The zero-order valence-corrected chi connectivity index (χ0v) is 34.7. The average molecular weight is 791 g/mol. The number of piperidine rings is 1. The summed E-state index contributed by atoms with van der Waals surface area (Å²) < 4.78 is 18.4. The zero-order valence-electron chi connectivity index (χ0n) is 34.7. The minimum Gasteiger partial charge on any atom is -0.387 e. The first kappa shape index (κ1) is 39.3. The Hall–Kier alpha value is -1.88. The number of carbonyl (C=O) groups excluding carboxylic acids is 2. The molecule has 10 rings (SSSR count). The Morgan fingerprint density at radius 1 is 0.965 bits per heavy atom. The van der Waals surface area contributed by atoms with Crippen LogP contribution in [0.4, 0.5) is 0 Å². The van der Waals surface area contributed by atoms with Crippen molar-refractivity contribution < 1.29 is 44.2 Å². The zero-order chi connectivity index (χ0) is 40.1. The number of carbonyl (C=O) groups is 2. The third-order valence-corrected chi connectivity index (χ3v) is 19.0. The molecule has 10 aliphatic rings. The summed E-state index contributed by atoms with van der Waals surface area (Å²) in [4.78, 5) is 31.6. The van der Waals surface area contributed by atoms with Crippen LogP contribution in [0.5, 0.6) is 0 Å². The standard InChI is InChI=1S/C46H66N2O9/c1-25-32-35-39(51)47-37(44(32)14-6-7-15-44)40(52)48-24-27(48)10-8-16-45-19-18-42(3)31(43(4,53)38(50)34(25)57-35)22-26-11-12-29(36(45)46(26,42)54)33(49)30-23-28(13-17-41(30,45)2)56-21-9-20-55-5/h25-28,30-32,34-35,37-39,47,50-51,53-54H,6-7,9-15,17-24H2,1-5H3. The number of nitrogens with zero attached hydrogens (tertiary/aromatic N) is 1. The number of Topliss-reactive ketones (excluding diaryl/α,β-unsaturated/α-hetero) is 1. The first-order chi connectivity index (χ1) is 27.1. The van der Waals surface area contributed by atoms with Crippen molar-refractivity contribution in [3.63, 3.8) is 0 Å². The van der Waals surface area contributed by atoms with E-state index in [-0.39, 0.29) is 47.5 Å². The molecular weight excluding hydrogens is 725 g/mol. The van der Waals surface area contributed by atoms with Crippen LogP contribution in [0.25, 0.3) is 0 Å². The highest BCUT2D eigenvalue weighted by Gasteiger charge is 2.78. The molecule has 0 aromatic rings. The van der Waals surface area contributed by atoms with E-state index in [9.17, 15) is 25.2 Å². The fraction of sp³-hybridized carbons (Fsp3) is 0.870. The smallest absolute Gasteiger partial charge is 0.240 e. The number of ether oxygens (including phenoxy) is 3. The molecule has 11 heteroatoms. The number of fused-ring (bicyclic) bond motifs is 3. The fourth-order valence-corrected chi connectivity index (χ4v) is 16.0.